The molecule has 1 fully saturated rings. The molecular formula is C15H16N4O2S. The van der Waals surface area contributed by atoms with Crippen LogP contribution in [-0.4, -0.2) is 25.1 Å². The number of hydrogen-bond donors (Lipinski definition) is 0. The van der Waals surface area contributed by atoms with Crippen molar-refractivity contribution in [1.29, 1.82) is 0 Å². The van der Waals surface area contributed by atoms with Gasteiger partial charge >= 0.3 is 5.95 Å². The Morgan fingerprint density at radius 1 is 1.09 bits per heavy atom. The Morgan fingerprint density at radius 2 is 1.82 bits per heavy atom. The average Bonchev–Trinajstić information content (AvgIpc) is 2.56. The first-order valence-corrected chi connectivity index (χ1v) is 8.14. The fourth-order valence-electron chi connectivity index (χ4n) is 2.76. The summed E-state index contributed by atoms with van der Waals surface area (Å²) >= 11 is 1.89. The first kappa shape index (κ1) is 14.9. The van der Waals surface area contributed by atoms with E-state index in [2.05, 4.69) is 15.0 Å². The largest absolute Gasteiger partial charge is 0.468 e. The number of rotatable bonds is 4. The summed E-state index contributed by atoms with van der Waals surface area (Å²) in [4.78, 5) is 23.3. The van der Waals surface area contributed by atoms with Crippen molar-refractivity contribution >= 4 is 17.7 Å². The molecule has 22 heavy (non-hydrogen) atoms. The van der Waals surface area contributed by atoms with E-state index in [-0.39, 0.29) is 5.95 Å². The second-order valence-electron chi connectivity index (χ2n) is 5.31. The van der Waals surface area contributed by atoms with E-state index in [0.717, 1.165) is 31.4 Å². The van der Waals surface area contributed by atoms with Crippen LogP contribution in [0.4, 0.5) is 5.95 Å². The van der Waals surface area contributed by atoms with Gasteiger partial charge in [-0.1, -0.05) is 9.97 Å². The number of hydrogen-bond acceptors (Lipinski definition) is 6. The highest BCUT2D eigenvalue weighted by atomic mass is 32.2. The summed E-state index contributed by atoms with van der Waals surface area (Å²) in [5, 5.41) is 11.4. The lowest BCUT2D eigenvalue weighted by Gasteiger charge is -2.26. The van der Waals surface area contributed by atoms with Crippen LogP contribution < -0.4 is 0 Å². The fourth-order valence-corrected chi connectivity index (χ4v) is 3.93. The van der Waals surface area contributed by atoms with E-state index in [1.807, 2.05) is 36.3 Å². The van der Waals surface area contributed by atoms with Gasteiger partial charge in [-0.15, -0.1) is 11.8 Å². The standard InChI is InChI=1S/C15H16N4O2S/c20-19(21)15-17-10-7-14(18-15)11-1-3-12(4-2-11)22-13-5-8-16-9-6-13/h5-12H,1-4H2. The third-order valence-electron chi connectivity index (χ3n) is 3.87. The molecule has 1 aliphatic rings. The van der Waals surface area contributed by atoms with Crippen LogP contribution in [0.1, 0.15) is 37.3 Å². The Kier molecular flexibility index (Phi) is 4.62. The second kappa shape index (κ2) is 6.83. The minimum atomic E-state index is -0.533. The summed E-state index contributed by atoms with van der Waals surface area (Å²) in [5.41, 5.74) is 0.800. The van der Waals surface area contributed by atoms with E-state index in [1.165, 1.54) is 11.1 Å². The molecule has 0 radical (unpaired) electrons. The maximum absolute atomic E-state index is 10.8. The Labute approximate surface area is 132 Å². The normalized spacial score (nSPS) is 21.5. The highest BCUT2D eigenvalue weighted by Gasteiger charge is 2.26. The number of nitro groups is 1. The molecule has 2 aromatic heterocycles. The molecule has 3 rings (SSSR count). The molecule has 0 bridgehead atoms. The zero-order valence-electron chi connectivity index (χ0n) is 12.0. The van der Waals surface area contributed by atoms with E-state index < -0.39 is 4.92 Å². The molecular weight excluding hydrogens is 300 g/mol. The summed E-state index contributed by atoms with van der Waals surface area (Å²) < 4.78 is 0. The van der Waals surface area contributed by atoms with Crippen molar-refractivity contribution in [3.8, 4) is 0 Å². The molecule has 0 unspecified atom stereocenters. The predicted molar refractivity (Wildman–Crippen MR) is 83.8 cm³/mol. The molecule has 7 heteroatoms. The van der Waals surface area contributed by atoms with Crippen molar-refractivity contribution in [2.24, 2.45) is 0 Å². The molecule has 0 saturated heterocycles. The molecule has 0 spiro atoms. The van der Waals surface area contributed by atoms with Crippen molar-refractivity contribution in [3.05, 3.63) is 52.6 Å². The predicted octanol–water partition coefficient (Wildman–Crippen LogP) is 3.60. The van der Waals surface area contributed by atoms with Crippen LogP contribution in [0, 0.1) is 10.1 Å². The fraction of sp³-hybridized carbons (Fsp3) is 0.400. The molecule has 0 aliphatic heterocycles. The van der Waals surface area contributed by atoms with Gasteiger partial charge in [0, 0.05) is 34.5 Å². The molecule has 0 atom stereocenters. The molecule has 1 saturated carbocycles. The van der Waals surface area contributed by atoms with Gasteiger partial charge in [0.15, 0.2) is 0 Å². The number of aromatic nitrogens is 3. The Morgan fingerprint density at radius 3 is 2.50 bits per heavy atom. The first-order valence-electron chi connectivity index (χ1n) is 7.26. The van der Waals surface area contributed by atoms with Crippen LogP contribution in [0.3, 0.4) is 0 Å². The van der Waals surface area contributed by atoms with Crippen LogP contribution in [-0.2, 0) is 0 Å². The molecule has 114 valence electrons. The number of thioether (sulfide) groups is 1. The SMILES string of the molecule is O=[N+]([O-])c1nccc(C2CCC(Sc3ccncc3)CC2)n1. The first-order chi connectivity index (χ1) is 10.7. The summed E-state index contributed by atoms with van der Waals surface area (Å²) in [7, 11) is 0. The van der Waals surface area contributed by atoms with Gasteiger partial charge in [0.05, 0.1) is 0 Å². The zero-order chi connectivity index (χ0) is 15.4. The third-order valence-corrected chi connectivity index (χ3v) is 5.22. The van der Waals surface area contributed by atoms with Crippen molar-refractivity contribution < 1.29 is 4.92 Å². The molecule has 0 amide bonds. The van der Waals surface area contributed by atoms with E-state index in [9.17, 15) is 10.1 Å². The summed E-state index contributed by atoms with van der Waals surface area (Å²) in [5.74, 6) is 0.00164. The van der Waals surface area contributed by atoms with Crippen molar-refractivity contribution in [2.75, 3.05) is 0 Å². The maximum atomic E-state index is 10.8. The van der Waals surface area contributed by atoms with Gasteiger partial charge < -0.3 is 10.1 Å². The minimum Gasteiger partial charge on any atom is -0.390 e. The molecule has 2 aromatic rings. The lowest BCUT2D eigenvalue weighted by Crippen LogP contribution is -2.16. The van der Waals surface area contributed by atoms with E-state index in [0.29, 0.717) is 11.2 Å². The highest BCUT2D eigenvalue weighted by Crippen LogP contribution is 2.39. The summed E-state index contributed by atoms with van der Waals surface area (Å²) in [6.07, 6.45) is 9.32. The molecule has 2 heterocycles. The Hall–Kier alpha value is -2.02. The van der Waals surface area contributed by atoms with E-state index >= 15 is 0 Å². The maximum Gasteiger partial charge on any atom is 0.468 e. The number of nitrogens with zero attached hydrogens (tertiary/aromatic N) is 4. The lowest BCUT2D eigenvalue weighted by atomic mass is 9.86. The van der Waals surface area contributed by atoms with Gasteiger partial charge in [0.2, 0.25) is 0 Å². The molecule has 6 nitrogen and oxygen atoms in total. The monoisotopic (exact) mass is 316 g/mol. The average molecular weight is 316 g/mol. The quantitative estimate of drug-likeness (QED) is 0.633. The van der Waals surface area contributed by atoms with Gasteiger partial charge in [-0.3, -0.25) is 4.98 Å². The molecule has 1 aliphatic carbocycles. The van der Waals surface area contributed by atoms with Crippen molar-refractivity contribution in [1.82, 2.24) is 15.0 Å². The van der Waals surface area contributed by atoms with Crippen molar-refractivity contribution in [3.63, 3.8) is 0 Å². The van der Waals surface area contributed by atoms with E-state index in [1.54, 1.807) is 6.07 Å². The smallest absolute Gasteiger partial charge is 0.390 e. The Bertz CT molecular complexity index is 645. The van der Waals surface area contributed by atoms with Gasteiger partial charge in [0.25, 0.3) is 0 Å². The molecule has 0 aromatic carbocycles. The summed E-state index contributed by atoms with van der Waals surface area (Å²) in [6, 6.07) is 5.86. The van der Waals surface area contributed by atoms with Crippen LogP contribution in [0.2, 0.25) is 0 Å². The van der Waals surface area contributed by atoms with Crippen LogP contribution in [0.15, 0.2) is 41.7 Å². The molecule has 0 N–H and O–H groups in total. The topological polar surface area (TPSA) is 81.8 Å². The van der Waals surface area contributed by atoms with Crippen LogP contribution in [0.5, 0.6) is 0 Å². The summed E-state index contributed by atoms with van der Waals surface area (Å²) in [6.45, 7) is 0. The van der Waals surface area contributed by atoms with Gasteiger partial charge in [0.1, 0.15) is 11.9 Å². The third kappa shape index (κ3) is 3.59. The zero-order valence-corrected chi connectivity index (χ0v) is 12.8. The number of pyridine rings is 1. The minimum absolute atomic E-state index is 0.300. The Balaban J connectivity index is 1.60. The van der Waals surface area contributed by atoms with Crippen LogP contribution >= 0.6 is 11.8 Å². The van der Waals surface area contributed by atoms with Gasteiger partial charge in [-0.05, 0) is 42.7 Å². The second-order valence-corrected chi connectivity index (χ2v) is 6.69. The van der Waals surface area contributed by atoms with Crippen molar-refractivity contribution in [2.45, 2.75) is 41.7 Å². The lowest BCUT2D eigenvalue weighted by molar-refractivity contribution is -0.394. The highest BCUT2D eigenvalue weighted by molar-refractivity contribution is 8.00. The van der Waals surface area contributed by atoms with E-state index in [4.69, 9.17) is 0 Å². The van der Waals surface area contributed by atoms with Crippen LogP contribution in [0.25, 0.3) is 0 Å². The van der Waals surface area contributed by atoms with Gasteiger partial charge in [-0.25, -0.2) is 0 Å². The van der Waals surface area contributed by atoms with Gasteiger partial charge in [-0.2, -0.15) is 0 Å².